The van der Waals surface area contributed by atoms with Gasteiger partial charge in [0.1, 0.15) is 0 Å². The van der Waals surface area contributed by atoms with Crippen LogP contribution in [-0.2, 0) is 9.59 Å². The van der Waals surface area contributed by atoms with Gasteiger partial charge >= 0.3 is 6.18 Å². The zero-order valence-corrected chi connectivity index (χ0v) is 14.3. The van der Waals surface area contributed by atoms with Gasteiger partial charge in [0.2, 0.25) is 11.8 Å². The minimum Gasteiger partial charge on any atom is -0.326 e. The van der Waals surface area contributed by atoms with E-state index in [1.165, 1.54) is 6.07 Å². The second kappa shape index (κ2) is 7.41. The first-order valence-corrected chi connectivity index (χ1v) is 8.80. The Kier molecular flexibility index (Phi) is 5.22. The average Bonchev–Trinajstić information content (AvgIpc) is 2.59. The molecule has 0 bridgehead atoms. The molecule has 136 valence electrons. The number of para-hydroxylation sites is 2. The first-order valence-electron chi connectivity index (χ1n) is 7.82. The minimum atomic E-state index is -4.30. The zero-order valence-electron chi connectivity index (χ0n) is 13.5. The monoisotopic (exact) mass is 380 g/mol. The summed E-state index contributed by atoms with van der Waals surface area (Å²) in [6.07, 6.45) is -4.32. The van der Waals surface area contributed by atoms with E-state index >= 15 is 0 Å². The third-order valence-corrected chi connectivity index (χ3v) is 4.99. The summed E-state index contributed by atoms with van der Waals surface area (Å²) in [7, 11) is 0. The van der Waals surface area contributed by atoms with Gasteiger partial charge < -0.3 is 10.6 Å². The fourth-order valence-corrected chi connectivity index (χ4v) is 3.49. The Balaban J connectivity index is 1.80. The van der Waals surface area contributed by atoms with E-state index in [2.05, 4.69) is 10.6 Å². The molecule has 3 rings (SSSR count). The first-order chi connectivity index (χ1) is 12.3. The molecule has 2 aromatic carbocycles. The molecule has 2 N–H and O–H groups in total. The number of alkyl halides is 3. The van der Waals surface area contributed by atoms with Crippen LogP contribution >= 0.6 is 11.8 Å². The lowest BCUT2D eigenvalue weighted by Gasteiger charge is -2.25. The number of halogens is 3. The van der Waals surface area contributed by atoms with Crippen LogP contribution in [0.1, 0.15) is 17.9 Å². The second-order valence-corrected chi connectivity index (χ2v) is 6.80. The summed E-state index contributed by atoms with van der Waals surface area (Å²) in [5, 5.41) is 5.38. The lowest BCUT2D eigenvalue weighted by atomic mass is 9.90. The van der Waals surface area contributed by atoms with E-state index in [-0.39, 0.29) is 12.3 Å². The molecule has 26 heavy (non-hydrogen) atoms. The van der Waals surface area contributed by atoms with Crippen LogP contribution < -0.4 is 10.6 Å². The van der Waals surface area contributed by atoms with Crippen molar-refractivity contribution in [2.75, 3.05) is 16.4 Å². The van der Waals surface area contributed by atoms with Crippen LogP contribution in [0.2, 0.25) is 0 Å². The highest BCUT2D eigenvalue weighted by atomic mass is 32.2. The van der Waals surface area contributed by atoms with Crippen LogP contribution in [0, 0.1) is 0 Å². The maximum Gasteiger partial charge on any atom is 0.398 e. The number of amides is 2. The summed E-state index contributed by atoms with van der Waals surface area (Å²) >= 11 is 0.610. The number of hydrogen-bond donors (Lipinski definition) is 2. The standard InChI is InChI=1S/C18H15F3N2O2S/c19-18(20,21)10-26-15-8-4-3-7-14(15)23-17(25)12-9-16(24)22-13-6-2-1-5-11(12)13/h1-8,12H,9-10H2,(H,22,24)(H,23,25). The highest BCUT2D eigenvalue weighted by molar-refractivity contribution is 7.99. The van der Waals surface area contributed by atoms with Crippen LogP contribution in [0.5, 0.6) is 0 Å². The zero-order chi connectivity index (χ0) is 18.7. The number of hydrogen-bond acceptors (Lipinski definition) is 3. The van der Waals surface area contributed by atoms with E-state index in [0.29, 0.717) is 33.6 Å². The normalized spacial score (nSPS) is 16.6. The lowest BCUT2D eigenvalue weighted by molar-refractivity contribution is -0.123. The Bertz CT molecular complexity index is 839. The van der Waals surface area contributed by atoms with Crippen molar-refractivity contribution in [3.63, 3.8) is 0 Å². The number of benzene rings is 2. The van der Waals surface area contributed by atoms with Crippen molar-refractivity contribution in [1.82, 2.24) is 0 Å². The SMILES string of the molecule is O=C1CC(C(=O)Nc2ccccc2SCC(F)(F)F)c2ccccc2N1. The molecule has 0 aromatic heterocycles. The molecular formula is C18H15F3N2O2S. The third kappa shape index (κ3) is 4.37. The number of carbonyl (C=O) groups is 2. The summed E-state index contributed by atoms with van der Waals surface area (Å²) in [6, 6.07) is 13.3. The fraction of sp³-hybridized carbons (Fsp3) is 0.222. The molecule has 2 aromatic rings. The van der Waals surface area contributed by atoms with Gasteiger partial charge in [-0.1, -0.05) is 30.3 Å². The van der Waals surface area contributed by atoms with Crippen LogP contribution in [-0.4, -0.2) is 23.7 Å². The molecular weight excluding hydrogens is 365 g/mol. The van der Waals surface area contributed by atoms with Gasteiger partial charge in [0.15, 0.2) is 0 Å². The summed E-state index contributed by atoms with van der Waals surface area (Å²) in [4.78, 5) is 24.9. The molecule has 4 nitrogen and oxygen atoms in total. The van der Waals surface area contributed by atoms with Gasteiger partial charge in [-0.3, -0.25) is 9.59 Å². The quantitative estimate of drug-likeness (QED) is 0.773. The van der Waals surface area contributed by atoms with Crippen molar-refractivity contribution in [1.29, 1.82) is 0 Å². The minimum absolute atomic E-state index is 0.0132. The molecule has 0 saturated carbocycles. The maximum atomic E-state index is 12.7. The van der Waals surface area contributed by atoms with Gasteiger partial charge in [0.25, 0.3) is 0 Å². The summed E-state index contributed by atoms with van der Waals surface area (Å²) in [5.74, 6) is -2.44. The average molecular weight is 380 g/mol. The van der Waals surface area contributed by atoms with Gasteiger partial charge in [0, 0.05) is 17.0 Å². The van der Waals surface area contributed by atoms with Gasteiger partial charge in [-0.25, -0.2) is 0 Å². The van der Waals surface area contributed by atoms with Gasteiger partial charge in [-0.15, -0.1) is 11.8 Å². The molecule has 1 aliphatic heterocycles. The third-order valence-electron chi connectivity index (χ3n) is 3.85. The van der Waals surface area contributed by atoms with E-state index in [1.54, 1.807) is 42.5 Å². The summed E-state index contributed by atoms with van der Waals surface area (Å²) in [6.45, 7) is 0. The van der Waals surface area contributed by atoms with Crippen LogP contribution in [0.3, 0.4) is 0 Å². The van der Waals surface area contributed by atoms with Crippen molar-refractivity contribution in [3.8, 4) is 0 Å². The number of anilines is 2. The number of carbonyl (C=O) groups excluding carboxylic acids is 2. The van der Waals surface area contributed by atoms with Crippen molar-refractivity contribution in [2.24, 2.45) is 0 Å². The fourth-order valence-electron chi connectivity index (χ4n) is 2.72. The Morgan fingerprint density at radius 3 is 2.62 bits per heavy atom. The number of thioether (sulfide) groups is 1. The molecule has 8 heteroatoms. The molecule has 1 heterocycles. The summed E-state index contributed by atoms with van der Waals surface area (Å²) < 4.78 is 37.4. The lowest BCUT2D eigenvalue weighted by Crippen LogP contribution is -2.30. The second-order valence-electron chi connectivity index (χ2n) is 5.78. The molecule has 0 fully saturated rings. The molecule has 2 amide bonds. The van der Waals surface area contributed by atoms with E-state index in [4.69, 9.17) is 0 Å². The predicted molar refractivity (Wildman–Crippen MR) is 94.3 cm³/mol. The van der Waals surface area contributed by atoms with Crippen molar-refractivity contribution in [3.05, 3.63) is 54.1 Å². The Hall–Kier alpha value is -2.48. The smallest absolute Gasteiger partial charge is 0.326 e. The Morgan fingerprint density at radius 1 is 1.15 bits per heavy atom. The van der Waals surface area contributed by atoms with Gasteiger partial charge in [0.05, 0.1) is 17.4 Å². The van der Waals surface area contributed by atoms with E-state index in [9.17, 15) is 22.8 Å². The van der Waals surface area contributed by atoms with E-state index in [1.807, 2.05) is 0 Å². The van der Waals surface area contributed by atoms with E-state index in [0.717, 1.165) is 0 Å². The number of rotatable bonds is 4. The highest BCUT2D eigenvalue weighted by Crippen LogP contribution is 2.35. The topological polar surface area (TPSA) is 58.2 Å². The van der Waals surface area contributed by atoms with Gasteiger partial charge in [-0.2, -0.15) is 13.2 Å². The van der Waals surface area contributed by atoms with Crippen molar-refractivity contribution < 1.29 is 22.8 Å². The molecule has 0 aliphatic carbocycles. The highest BCUT2D eigenvalue weighted by Gasteiger charge is 2.31. The predicted octanol–water partition coefficient (Wildman–Crippen LogP) is 4.41. The molecule has 1 aliphatic rings. The maximum absolute atomic E-state index is 12.7. The van der Waals surface area contributed by atoms with Crippen LogP contribution in [0.4, 0.5) is 24.5 Å². The first kappa shape index (κ1) is 18.3. The molecule has 0 spiro atoms. The van der Waals surface area contributed by atoms with Crippen LogP contribution in [0.25, 0.3) is 0 Å². The summed E-state index contributed by atoms with van der Waals surface area (Å²) in [5.41, 5.74) is 1.56. The largest absolute Gasteiger partial charge is 0.398 e. The van der Waals surface area contributed by atoms with E-state index < -0.39 is 23.8 Å². The van der Waals surface area contributed by atoms with Gasteiger partial charge in [-0.05, 0) is 23.8 Å². The number of nitrogens with one attached hydrogen (secondary N) is 2. The Labute approximate surface area is 152 Å². The number of fused-ring (bicyclic) bond motifs is 1. The molecule has 0 radical (unpaired) electrons. The molecule has 0 saturated heterocycles. The Morgan fingerprint density at radius 2 is 1.85 bits per heavy atom. The van der Waals surface area contributed by atoms with Crippen molar-refractivity contribution >= 4 is 35.0 Å². The molecule has 1 atom stereocenters. The van der Waals surface area contributed by atoms with Crippen molar-refractivity contribution in [2.45, 2.75) is 23.4 Å². The van der Waals surface area contributed by atoms with Crippen LogP contribution in [0.15, 0.2) is 53.4 Å². The molecule has 1 unspecified atom stereocenters.